The number of carboxylic acids is 1. The molecule has 0 unspecified atom stereocenters. The van der Waals surface area contributed by atoms with Crippen LogP contribution < -0.4 is 5.32 Å². The number of amides is 1. The van der Waals surface area contributed by atoms with Gasteiger partial charge in [0, 0.05) is 24.2 Å². The van der Waals surface area contributed by atoms with Gasteiger partial charge in [0.1, 0.15) is 0 Å². The number of nitrogens with one attached hydrogen (secondary N) is 1. The van der Waals surface area contributed by atoms with Crippen LogP contribution in [0.4, 0.5) is 5.69 Å². The summed E-state index contributed by atoms with van der Waals surface area (Å²) in [5.41, 5.74) is 0.557. The highest BCUT2D eigenvalue weighted by atomic mass is 32.2. The van der Waals surface area contributed by atoms with Gasteiger partial charge >= 0.3 is 5.97 Å². The Labute approximate surface area is 161 Å². The highest BCUT2D eigenvalue weighted by Crippen LogP contribution is 2.27. The second-order valence-electron chi connectivity index (χ2n) is 6.57. The first-order valence-electron chi connectivity index (χ1n) is 8.51. The lowest BCUT2D eigenvalue weighted by Crippen LogP contribution is -2.37. The number of hydrogen-bond acceptors (Lipinski definition) is 5. The van der Waals surface area contributed by atoms with Crippen molar-refractivity contribution in [2.24, 2.45) is 5.92 Å². The van der Waals surface area contributed by atoms with E-state index in [1.54, 1.807) is 0 Å². The summed E-state index contributed by atoms with van der Waals surface area (Å²) in [5, 5.41) is 13.0. The number of aromatic carboxylic acids is 1. The fourth-order valence-corrected chi connectivity index (χ4v) is 5.46. The van der Waals surface area contributed by atoms with Crippen LogP contribution in [0.15, 0.2) is 40.6 Å². The van der Waals surface area contributed by atoms with Crippen molar-refractivity contribution in [3.05, 3.63) is 46.2 Å². The summed E-state index contributed by atoms with van der Waals surface area (Å²) in [6, 6.07) is 7.14. The molecule has 1 aromatic carbocycles. The smallest absolute Gasteiger partial charge is 0.335 e. The van der Waals surface area contributed by atoms with E-state index in [2.05, 4.69) is 12.2 Å². The number of thiophene rings is 1. The van der Waals surface area contributed by atoms with Gasteiger partial charge in [0.15, 0.2) is 0 Å². The van der Waals surface area contributed by atoms with E-state index in [-0.39, 0.29) is 15.3 Å². The van der Waals surface area contributed by atoms with Crippen molar-refractivity contribution in [1.29, 1.82) is 0 Å². The Morgan fingerprint density at radius 2 is 1.81 bits per heavy atom. The van der Waals surface area contributed by atoms with Crippen LogP contribution in [0.2, 0.25) is 0 Å². The van der Waals surface area contributed by atoms with Crippen LogP contribution in [0.25, 0.3) is 0 Å². The molecule has 144 valence electrons. The number of carbonyl (C=O) groups is 2. The average Bonchev–Trinajstić information content (AvgIpc) is 3.14. The third kappa shape index (κ3) is 4.37. The maximum Gasteiger partial charge on any atom is 0.335 e. The van der Waals surface area contributed by atoms with Gasteiger partial charge in [-0.2, -0.15) is 4.31 Å². The summed E-state index contributed by atoms with van der Waals surface area (Å²) in [4.78, 5) is 23.6. The van der Waals surface area contributed by atoms with Gasteiger partial charge in [-0.25, -0.2) is 13.2 Å². The standard InChI is InChI=1S/C18H20N2O5S2/c1-12-6-8-20(9-7-12)27(24,25)15-10-16(26-11-15)17(21)19-14-4-2-13(3-5-14)18(22)23/h2-5,10-12H,6-9H2,1H3,(H,19,21)(H,22,23). The molecule has 9 heteroatoms. The Kier molecular flexibility index (Phi) is 5.64. The molecule has 0 atom stereocenters. The largest absolute Gasteiger partial charge is 0.478 e. The van der Waals surface area contributed by atoms with Gasteiger partial charge in [0.25, 0.3) is 5.91 Å². The van der Waals surface area contributed by atoms with Crippen molar-refractivity contribution >= 4 is 38.9 Å². The molecular formula is C18H20N2O5S2. The van der Waals surface area contributed by atoms with Gasteiger partial charge in [-0.05, 0) is 49.1 Å². The summed E-state index contributed by atoms with van der Waals surface area (Å²) < 4.78 is 26.9. The number of carbonyl (C=O) groups excluding carboxylic acids is 1. The second-order valence-corrected chi connectivity index (χ2v) is 9.42. The number of hydrogen-bond donors (Lipinski definition) is 2. The van der Waals surface area contributed by atoms with Gasteiger partial charge in [0.05, 0.1) is 15.3 Å². The Bertz CT molecular complexity index is 942. The van der Waals surface area contributed by atoms with Crippen LogP contribution in [0.1, 0.15) is 39.8 Å². The quantitative estimate of drug-likeness (QED) is 0.791. The van der Waals surface area contributed by atoms with Crippen LogP contribution >= 0.6 is 11.3 Å². The summed E-state index contributed by atoms with van der Waals surface area (Å²) in [6.07, 6.45) is 1.67. The molecule has 7 nitrogen and oxygen atoms in total. The molecule has 0 bridgehead atoms. The van der Waals surface area contributed by atoms with Crippen LogP contribution in [-0.4, -0.2) is 42.8 Å². The summed E-state index contributed by atoms with van der Waals surface area (Å²) in [6.45, 7) is 3.10. The minimum Gasteiger partial charge on any atom is -0.478 e. The van der Waals surface area contributed by atoms with E-state index in [1.807, 2.05) is 0 Å². The van der Waals surface area contributed by atoms with Crippen molar-refractivity contribution in [3.63, 3.8) is 0 Å². The number of carboxylic acid groups (broad SMARTS) is 1. The number of benzene rings is 1. The molecule has 3 rings (SSSR count). The van der Waals surface area contributed by atoms with E-state index in [1.165, 1.54) is 40.0 Å². The van der Waals surface area contributed by atoms with Gasteiger partial charge < -0.3 is 10.4 Å². The predicted octanol–water partition coefficient (Wildman–Crippen LogP) is 3.12. The van der Waals surface area contributed by atoms with E-state index >= 15 is 0 Å². The Morgan fingerprint density at radius 3 is 2.41 bits per heavy atom. The van der Waals surface area contributed by atoms with Gasteiger partial charge in [-0.1, -0.05) is 6.92 Å². The Morgan fingerprint density at radius 1 is 1.19 bits per heavy atom. The first-order valence-corrected chi connectivity index (χ1v) is 10.8. The van der Waals surface area contributed by atoms with Gasteiger partial charge in [-0.15, -0.1) is 11.3 Å². The maximum absolute atomic E-state index is 12.7. The molecule has 1 aromatic heterocycles. The number of anilines is 1. The lowest BCUT2D eigenvalue weighted by Gasteiger charge is -2.29. The molecule has 2 heterocycles. The molecule has 27 heavy (non-hydrogen) atoms. The van der Waals surface area contributed by atoms with E-state index in [0.29, 0.717) is 24.7 Å². The molecule has 1 aliphatic rings. The monoisotopic (exact) mass is 408 g/mol. The molecule has 1 saturated heterocycles. The van der Waals surface area contributed by atoms with Gasteiger partial charge in [-0.3, -0.25) is 4.79 Å². The van der Waals surface area contributed by atoms with Crippen LogP contribution in [-0.2, 0) is 10.0 Å². The minimum atomic E-state index is -3.59. The molecule has 2 aromatic rings. The normalized spacial score (nSPS) is 16.2. The summed E-state index contributed by atoms with van der Waals surface area (Å²) >= 11 is 1.06. The molecule has 1 aliphatic heterocycles. The van der Waals surface area contributed by atoms with Crippen LogP contribution in [0, 0.1) is 5.92 Å². The second kappa shape index (κ2) is 7.79. The number of sulfonamides is 1. The van der Waals surface area contributed by atoms with Crippen LogP contribution in [0.3, 0.4) is 0 Å². The first-order chi connectivity index (χ1) is 12.8. The molecule has 1 fully saturated rings. The van der Waals surface area contributed by atoms with Crippen molar-refractivity contribution in [1.82, 2.24) is 4.31 Å². The zero-order valence-corrected chi connectivity index (χ0v) is 16.3. The molecule has 0 saturated carbocycles. The lowest BCUT2D eigenvalue weighted by atomic mass is 10.0. The fourth-order valence-electron chi connectivity index (χ4n) is 2.84. The molecule has 2 N–H and O–H groups in total. The molecule has 1 amide bonds. The number of piperidine rings is 1. The molecule has 0 aliphatic carbocycles. The number of rotatable bonds is 5. The predicted molar refractivity (Wildman–Crippen MR) is 103 cm³/mol. The molecular weight excluding hydrogens is 388 g/mol. The first kappa shape index (κ1) is 19.5. The third-order valence-electron chi connectivity index (χ3n) is 4.57. The molecule has 0 radical (unpaired) electrons. The van der Waals surface area contributed by atoms with Crippen molar-refractivity contribution in [3.8, 4) is 0 Å². The van der Waals surface area contributed by atoms with Crippen LogP contribution in [0.5, 0.6) is 0 Å². The van der Waals surface area contributed by atoms with Crippen molar-refractivity contribution < 1.29 is 23.1 Å². The Hall–Kier alpha value is -2.23. The Balaban J connectivity index is 1.71. The zero-order valence-electron chi connectivity index (χ0n) is 14.7. The van der Waals surface area contributed by atoms with Crippen molar-refractivity contribution in [2.45, 2.75) is 24.7 Å². The SMILES string of the molecule is CC1CCN(S(=O)(=O)c2csc(C(=O)Nc3ccc(C(=O)O)cc3)c2)CC1. The highest BCUT2D eigenvalue weighted by molar-refractivity contribution is 7.89. The van der Waals surface area contributed by atoms with Crippen molar-refractivity contribution in [2.75, 3.05) is 18.4 Å². The zero-order chi connectivity index (χ0) is 19.6. The molecule has 0 spiro atoms. The maximum atomic E-state index is 12.7. The van der Waals surface area contributed by atoms with Gasteiger partial charge in [0.2, 0.25) is 10.0 Å². The average molecular weight is 409 g/mol. The van der Waals surface area contributed by atoms with E-state index in [9.17, 15) is 18.0 Å². The van der Waals surface area contributed by atoms with E-state index in [0.717, 1.165) is 24.2 Å². The van der Waals surface area contributed by atoms with E-state index in [4.69, 9.17) is 5.11 Å². The topological polar surface area (TPSA) is 104 Å². The summed E-state index contributed by atoms with van der Waals surface area (Å²) in [5.74, 6) is -0.961. The lowest BCUT2D eigenvalue weighted by molar-refractivity contribution is 0.0696. The third-order valence-corrected chi connectivity index (χ3v) is 7.52. The minimum absolute atomic E-state index is 0.119. The fraction of sp³-hybridized carbons (Fsp3) is 0.333. The van der Waals surface area contributed by atoms with E-state index < -0.39 is 21.9 Å². The highest BCUT2D eigenvalue weighted by Gasteiger charge is 2.29. The summed E-state index contributed by atoms with van der Waals surface area (Å²) in [7, 11) is -3.59. The number of nitrogens with zero attached hydrogens (tertiary/aromatic N) is 1.